The van der Waals surface area contributed by atoms with E-state index in [4.69, 9.17) is 0 Å². The molecule has 1 atom stereocenters. The smallest absolute Gasteiger partial charge is 0.239 e. The molecule has 4 nitrogen and oxygen atoms in total. The van der Waals surface area contributed by atoms with Crippen molar-refractivity contribution < 1.29 is 4.79 Å². The Labute approximate surface area is 128 Å². The zero-order chi connectivity index (χ0) is 13.9. The molecule has 0 spiro atoms. The zero-order valence-electron chi connectivity index (χ0n) is 10.6. The van der Waals surface area contributed by atoms with Gasteiger partial charge in [0.15, 0.2) is 9.47 Å². The number of rotatable bonds is 4. The summed E-state index contributed by atoms with van der Waals surface area (Å²) in [5.41, 5.74) is 0.979. The monoisotopic (exact) mass is 321 g/mol. The van der Waals surface area contributed by atoms with Gasteiger partial charge in [0.05, 0.1) is 15.5 Å². The third kappa shape index (κ3) is 3.00. The van der Waals surface area contributed by atoms with Gasteiger partial charge in [0.1, 0.15) is 0 Å². The first-order valence-electron chi connectivity index (χ1n) is 5.95. The summed E-state index contributed by atoms with van der Waals surface area (Å²) in [6, 6.07) is 7.98. The standard InChI is InChI=1S/C13H11N3OS3/c1-8(11(17)16-12-14-6-7-18-12)19-13-15-9-4-2-3-5-10(9)20-13/h2-8H,1H3,(H,14,16,17)/t8-/m0/s1. The molecule has 2 aromatic heterocycles. The van der Waals surface area contributed by atoms with Gasteiger partial charge in [-0.2, -0.15) is 0 Å². The molecular weight excluding hydrogens is 310 g/mol. The normalized spacial score (nSPS) is 12.4. The average molecular weight is 321 g/mol. The second kappa shape index (κ2) is 5.90. The third-order valence-electron chi connectivity index (χ3n) is 2.58. The highest BCUT2D eigenvalue weighted by molar-refractivity contribution is 8.02. The highest BCUT2D eigenvalue weighted by atomic mass is 32.2. The zero-order valence-corrected chi connectivity index (χ0v) is 13.0. The summed E-state index contributed by atoms with van der Waals surface area (Å²) in [6.07, 6.45) is 1.67. The number of carbonyl (C=O) groups excluding carboxylic acids is 1. The number of hydrogen-bond donors (Lipinski definition) is 1. The Kier molecular flexibility index (Phi) is 4.00. The Morgan fingerprint density at radius 2 is 2.25 bits per heavy atom. The van der Waals surface area contributed by atoms with Crippen molar-refractivity contribution in [1.82, 2.24) is 9.97 Å². The number of aromatic nitrogens is 2. The van der Waals surface area contributed by atoms with E-state index in [0.717, 1.165) is 14.6 Å². The number of hydrogen-bond acceptors (Lipinski definition) is 6. The van der Waals surface area contributed by atoms with Crippen LogP contribution in [0, 0.1) is 0 Å². The van der Waals surface area contributed by atoms with Crippen molar-refractivity contribution in [3.05, 3.63) is 35.8 Å². The highest BCUT2D eigenvalue weighted by Gasteiger charge is 2.17. The number of thioether (sulfide) groups is 1. The highest BCUT2D eigenvalue weighted by Crippen LogP contribution is 2.32. The second-order valence-electron chi connectivity index (χ2n) is 4.03. The second-order valence-corrected chi connectivity index (χ2v) is 7.55. The van der Waals surface area contributed by atoms with Gasteiger partial charge < -0.3 is 5.32 Å². The number of thiazole rings is 2. The van der Waals surface area contributed by atoms with Crippen molar-refractivity contribution >= 4 is 55.7 Å². The first-order valence-corrected chi connectivity index (χ1v) is 8.52. The molecule has 0 unspecified atom stereocenters. The molecule has 2 heterocycles. The lowest BCUT2D eigenvalue weighted by Gasteiger charge is -2.07. The predicted molar refractivity (Wildman–Crippen MR) is 85.7 cm³/mol. The molecule has 0 radical (unpaired) electrons. The molecule has 1 amide bonds. The van der Waals surface area contributed by atoms with Crippen LogP contribution in [0.15, 0.2) is 40.2 Å². The Bertz CT molecular complexity index is 690. The number of amides is 1. The minimum atomic E-state index is -0.209. The van der Waals surface area contributed by atoms with Crippen molar-refractivity contribution in [3.63, 3.8) is 0 Å². The van der Waals surface area contributed by atoms with Crippen LogP contribution in [0.1, 0.15) is 6.92 Å². The Balaban J connectivity index is 1.68. The molecular formula is C13H11N3OS3. The van der Waals surface area contributed by atoms with Crippen molar-refractivity contribution in [2.75, 3.05) is 5.32 Å². The predicted octanol–water partition coefficient (Wildman–Crippen LogP) is 3.87. The Hall–Kier alpha value is -1.44. The van der Waals surface area contributed by atoms with E-state index in [2.05, 4.69) is 15.3 Å². The molecule has 3 rings (SSSR count). The SMILES string of the molecule is C[C@H](Sc1nc2ccccc2s1)C(=O)Nc1nccs1. The lowest BCUT2D eigenvalue weighted by Crippen LogP contribution is -2.22. The van der Waals surface area contributed by atoms with Gasteiger partial charge in [-0.3, -0.25) is 4.79 Å². The van der Waals surface area contributed by atoms with E-state index in [-0.39, 0.29) is 11.2 Å². The van der Waals surface area contributed by atoms with Crippen LogP contribution in [0.4, 0.5) is 5.13 Å². The number of benzene rings is 1. The number of nitrogens with zero attached hydrogens (tertiary/aromatic N) is 2. The molecule has 0 fully saturated rings. The van der Waals surface area contributed by atoms with Crippen LogP contribution in [0.2, 0.25) is 0 Å². The molecule has 0 aliphatic rings. The lowest BCUT2D eigenvalue weighted by atomic mass is 10.3. The van der Waals surface area contributed by atoms with Crippen LogP contribution in [0.5, 0.6) is 0 Å². The summed E-state index contributed by atoms with van der Waals surface area (Å²) in [5, 5.41) is 5.06. The summed E-state index contributed by atoms with van der Waals surface area (Å²) in [7, 11) is 0. The average Bonchev–Trinajstić information content (AvgIpc) is 3.06. The summed E-state index contributed by atoms with van der Waals surface area (Å²) >= 11 is 4.49. The molecule has 3 aromatic rings. The topological polar surface area (TPSA) is 54.9 Å². The van der Waals surface area contributed by atoms with Crippen LogP contribution in [-0.2, 0) is 4.79 Å². The fourth-order valence-corrected chi connectivity index (χ4v) is 4.34. The first kappa shape index (κ1) is 13.5. The van der Waals surface area contributed by atoms with Gasteiger partial charge in [-0.15, -0.1) is 22.7 Å². The molecule has 0 saturated heterocycles. The van der Waals surface area contributed by atoms with E-state index in [9.17, 15) is 4.79 Å². The quantitative estimate of drug-likeness (QED) is 0.741. The van der Waals surface area contributed by atoms with Gasteiger partial charge in [0.2, 0.25) is 5.91 Å². The largest absolute Gasteiger partial charge is 0.301 e. The van der Waals surface area contributed by atoms with Crippen LogP contribution >= 0.6 is 34.4 Å². The summed E-state index contributed by atoms with van der Waals surface area (Å²) in [5.74, 6) is -0.0517. The van der Waals surface area contributed by atoms with Crippen molar-refractivity contribution in [2.24, 2.45) is 0 Å². The van der Waals surface area contributed by atoms with E-state index in [1.165, 1.54) is 23.1 Å². The molecule has 1 N–H and O–H groups in total. The number of nitrogens with one attached hydrogen (secondary N) is 1. The van der Waals surface area contributed by atoms with Gasteiger partial charge >= 0.3 is 0 Å². The van der Waals surface area contributed by atoms with E-state index in [0.29, 0.717) is 5.13 Å². The number of carbonyl (C=O) groups is 1. The molecule has 0 saturated carbocycles. The Morgan fingerprint density at radius 1 is 1.40 bits per heavy atom. The maximum absolute atomic E-state index is 12.0. The molecule has 0 bridgehead atoms. The minimum absolute atomic E-state index is 0.0517. The minimum Gasteiger partial charge on any atom is -0.301 e. The molecule has 0 aliphatic heterocycles. The number of para-hydroxylation sites is 1. The molecule has 1 aromatic carbocycles. The first-order chi connectivity index (χ1) is 9.72. The van der Waals surface area contributed by atoms with Crippen LogP contribution in [0.3, 0.4) is 0 Å². The summed E-state index contributed by atoms with van der Waals surface area (Å²) in [6.45, 7) is 1.87. The maximum Gasteiger partial charge on any atom is 0.239 e. The van der Waals surface area contributed by atoms with Crippen molar-refractivity contribution in [2.45, 2.75) is 16.5 Å². The summed E-state index contributed by atoms with van der Waals surface area (Å²) in [4.78, 5) is 20.6. The molecule has 102 valence electrons. The molecule has 0 aliphatic carbocycles. The van der Waals surface area contributed by atoms with Crippen LogP contribution in [0.25, 0.3) is 10.2 Å². The maximum atomic E-state index is 12.0. The summed E-state index contributed by atoms with van der Waals surface area (Å²) < 4.78 is 2.05. The van der Waals surface area contributed by atoms with Gasteiger partial charge in [-0.1, -0.05) is 23.9 Å². The van der Waals surface area contributed by atoms with Gasteiger partial charge in [-0.05, 0) is 19.1 Å². The Morgan fingerprint density at radius 3 is 3.00 bits per heavy atom. The van der Waals surface area contributed by atoms with Crippen LogP contribution < -0.4 is 5.32 Å². The number of fused-ring (bicyclic) bond motifs is 1. The van der Waals surface area contributed by atoms with E-state index in [1.807, 2.05) is 36.6 Å². The molecule has 20 heavy (non-hydrogen) atoms. The van der Waals surface area contributed by atoms with E-state index < -0.39 is 0 Å². The van der Waals surface area contributed by atoms with E-state index >= 15 is 0 Å². The molecule has 7 heteroatoms. The van der Waals surface area contributed by atoms with E-state index in [1.54, 1.807) is 17.5 Å². The third-order valence-corrected chi connectivity index (χ3v) is 5.50. The van der Waals surface area contributed by atoms with Crippen molar-refractivity contribution in [1.29, 1.82) is 0 Å². The fourth-order valence-electron chi connectivity index (χ4n) is 1.60. The lowest BCUT2D eigenvalue weighted by molar-refractivity contribution is -0.115. The van der Waals surface area contributed by atoms with Gasteiger partial charge in [-0.25, -0.2) is 9.97 Å². The van der Waals surface area contributed by atoms with Gasteiger partial charge in [0, 0.05) is 11.6 Å². The fraction of sp³-hybridized carbons (Fsp3) is 0.154. The van der Waals surface area contributed by atoms with Crippen molar-refractivity contribution in [3.8, 4) is 0 Å². The number of anilines is 1. The van der Waals surface area contributed by atoms with Gasteiger partial charge in [0.25, 0.3) is 0 Å². The van der Waals surface area contributed by atoms with Crippen LogP contribution in [-0.4, -0.2) is 21.1 Å².